The second kappa shape index (κ2) is 6.57. The molecule has 1 aliphatic rings. The summed E-state index contributed by atoms with van der Waals surface area (Å²) in [5, 5.41) is 0. The lowest BCUT2D eigenvalue weighted by Gasteiger charge is -2.29. The van der Waals surface area contributed by atoms with Crippen molar-refractivity contribution < 1.29 is 0 Å². The van der Waals surface area contributed by atoms with E-state index in [0.717, 1.165) is 32.7 Å². The number of likely N-dealkylation sites (N-methyl/N-ethyl adjacent to an activating group) is 1. The Labute approximate surface area is 115 Å². The number of hydrogen-bond donors (Lipinski definition) is 1. The molecule has 0 amide bonds. The van der Waals surface area contributed by atoms with Gasteiger partial charge in [-0.3, -0.25) is 4.99 Å². The molecular formula is C15H24N4. The molecule has 19 heavy (non-hydrogen) atoms. The maximum atomic E-state index is 6.03. The highest BCUT2D eigenvalue weighted by atomic mass is 15.3. The van der Waals surface area contributed by atoms with Gasteiger partial charge < -0.3 is 15.5 Å². The monoisotopic (exact) mass is 260 g/mol. The molecule has 1 aromatic carbocycles. The number of rotatable bonds is 6. The second-order valence-electron chi connectivity index (χ2n) is 4.85. The molecule has 1 heterocycles. The van der Waals surface area contributed by atoms with E-state index < -0.39 is 0 Å². The minimum absolute atomic E-state index is 0.303. The molecule has 1 atom stereocenters. The smallest absolute Gasteiger partial charge is 0.191 e. The van der Waals surface area contributed by atoms with Gasteiger partial charge in [0.15, 0.2) is 5.96 Å². The first-order valence-corrected chi connectivity index (χ1v) is 7.10. The summed E-state index contributed by atoms with van der Waals surface area (Å²) in [6.07, 6.45) is 0. The maximum absolute atomic E-state index is 6.03. The lowest BCUT2D eigenvalue weighted by atomic mass is 10.1. The molecule has 0 fully saturated rings. The van der Waals surface area contributed by atoms with Gasteiger partial charge in [0.1, 0.15) is 0 Å². The Hall–Kier alpha value is -1.55. The van der Waals surface area contributed by atoms with E-state index in [0.29, 0.717) is 12.0 Å². The molecule has 4 nitrogen and oxygen atoms in total. The molecule has 2 N–H and O–H groups in total. The first-order chi connectivity index (χ1) is 9.26. The number of hydrogen-bond acceptors (Lipinski definition) is 4. The van der Waals surface area contributed by atoms with Crippen molar-refractivity contribution >= 4 is 5.96 Å². The van der Waals surface area contributed by atoms with E-state index in [4.69, 9.17) is 5.73 Å². The van der Waals surface area contributed by atoms with Crippen LogP contribution in [0.3, 0.4) is 0 Å². The molecule has 4 heteroatoms. The van der Waals surface area contributed by atoms with Gasteiger partial charge >= 0.3 is 0 Å². The molecule has 0 saturated carbocycles. The third-order valence-electron chi connectivity index (χ3n) is 3.83. The Bertz CT molecular complexity index is 411. The van der Waals surface area contributed by atoms with E-state index >= 15 is 0 Å². The Morgan fingerprint density at radius 2 is 1.95 bits per heavy atom. The van der Waals surface area contributed by atoms with Gasteiger partial charge in [-0.15, -0.1) is 0 Å². The molecular weight excluding hydrogens is 236 g/mol. The molecule has 2 rings (SSSR count). The fraction of sp³-hybridized carbons (Fsp3) is 0.533. The van der Waals surface area contributed by atoms with Gasteiger partial charge in [-0.1, -0.05) is 44.2 Å². The molecule has 0 spiro atoms. The summed E-state index contributed by atoms with van der Waals surface area (Å²) < 4.78 is 0. The molecule has 0 bridgehead atoms. The number of guanidine groups is 1. The van der Waals surface area contributed by atoms with Crippen LogP contribution in [-0.4, -0.2) is 48.5 Å². The van der Waals surface area contributed by atoms with Crippen LogP contribution in [0, 0.1) is 0 Å². The predicted molar refractivity (Wildman–Crippen MR) is 80.2 cm³/mol. The first kappa shape index (κ1) is 13.9. The summed E-state index contributed by atoms with van der Waals surface area (Å²) >= 11 is 0. The lowest BCUT2D eigenvalue weighted by molar-refractivity contribution is 0.248. The molecule has 0 aliphatic carbocycles. The number of nitrogens with zero attached hydrogens (tertiary/aromatic N) is 3. The normalized spacial score (nSPS) is 19.0. The number of aliphatic imine (C=N–C) groups is 1. The molecule has 0 saturated heterocycles. The highest BCUT2D eigenvalue weighted by molar-refractivity contribution is 5.80. The second-order valence-corrected chi connectivity index (χ2v) is 4.85. The van der Waals surface area contributed by atoms with Crippen molar-refractivity contribution in [3.05, 3.63) is 35.9 Å². The van der Waals surface area contributed by atoms with E-state index in [9.17, 15) is 0 Å². The topological polar surface area (TPSA) is 44.9 Å². The van der Waals surface area contributed by atoms with Gasteiger partial charge in [-0.05, 0) is 18.7 Å². The quantitative estimate of drug-likeness (QED) is 0.846. The van der Waals surface area contributed by atoms with Crippen molar-refractivity contribution in [2.45, 2.75) is 19.9 Å². The fourth-order valence-corrected chi connectivity index (χ4v) is 2.55. The Balaban J connectivity index is 2.02. The van der Waals surface area contributed by atoms with Crippen molar-refractivity contribution in [2.75, 3.05) is 32.7 Å². The fourth-order valence-electron chi connectivity index (χ4n) is 2.55. The van der Waals surface area contributed by atoms with Crippen molar-refractivity contribution in [3.63, 3.8) is 0 Å². The zero-order chi connectivity index (χ0) is 13.7. The van der Waals surface area contributed by atoms with E-state index in [-0.39, 0.29) is 0 Å². The van der Waals surface area contributed by atoms with Gasteiger partial charge in [0, 0.05) is 13.1 Å². The van der Waals surface area contributed by atoms with Crippen LogP contribution in [0.5, 0.6) is 0 Å². The third kappa shape index (κ3) is 3.26. The van der Waals surface area contributed by atoms with Crippen LogP contribution in [0.4, 0.5) is 0 Å². The Kier molecular flexibility index (Phi) is 4.80. The van der Waals surface area contributed by atoms with Gasteiger partial charge in [0.05, 0.1) is 12.6 Å². The van der Waals surface area contributed by atoms with Crippen LogP contribution in [0.1, 0.15) is 25.5 Å². The highest BCUT2D eigenvalue weighted by Gasteiger charge is 2.27. The SMILES string of the molecule is CCN(CC)CCN1C(N)=NCC1c1ccccc1. The van der Waals surface area contributed by atoms with Crippen LogP contribution >= 0.6 is 0 Å². The predicted octanol–water partition coefficient (Wildman–Crippen LogP) is 1.70. The largest absolute Gasteiger partial charge is 0.370 e. The number of nitrogens with two attached hydrogens (primary N) is 1. The summed E-state index contributed by atoms with van der Waals surface area (Å²) in [7, 11) is 0. The van der Waals surface area contributed by atoms with E-state index in [1.54, 1.807) is 0 Å². The summed E-state index contributed by atoms with van der Waals surface area (Å²) in [5.41, 5.74) is 7.33. The first-order valence-electron chi connectivity index (χ1n) is 7.10. The summed E-state index contributed by atoms with van der Waals surface area (Å²) in [5.74, 6) is 0.681. The minimum Gasteiger partial charge on any atom is -0.370 e. The van der Waals surface area contributed by atoms with Gasteiger partial charge in [0.25, 0.3) is 0 Å². The molecule has 1 unspecified atom stereocenters. The standard InChI is InChI=1S/C15H24N4/c1-3-18(4-2)10-11-19-14(12-17-15(19)16)13-8-6-5-7-9-13/h5-9,14H,3-4,10-12H2,1-2H3,(H2,16,17). The maximum Gasteiger partial charge on any atom is 0.191 e. The lowest BCUT2D eigenvalue weighted by Crippen LogP contribution is -2.41. The molecule has 0 radical (unpaired) electrons. The molecule has 104 valence electrons. The summed E-state index contributed by atoms with van der Waals surface area (Å²) in [6, 6.07) is 10.8. The van der Waals surface area contributed by atoms with Gasteiger partial charge in [-0.2, -0.15) is 0 Å². The van der Waals surface area contributed by atoms with Gasteiger partial charge in [-0.25, -0.2) is 0 Å². The molecule has 1 aliphatic heterocycles. The van der Waals surface area contributed by atoms with E-state index in [1.165, 1.54) is 5.56 Å². The number of benzene rings is 1. The van der Waals surface area contributed by atoms with Crippen LogP contribution in [0.2, 0.25) is 0 Å². The van der Waals surface area contributed by atoms with Crippen molar-refractivity contribution in [1.29, 1.82) is 0 Å². The molecule has 0 aromatic heterocycles. The van der Waals surface area contributed by atoms with E-state index in [1.807, 2.05) is 6.07 Å². The Morgan fingerprint density at radius 3 is 2.58 bits per heavy atom. The summed E-state index contributed by atoms with van der Waals surface area (Å²) in [6.45, 7) is 9.30. The summed E-state index contributed by atoms with van der Waals surface area (Å²) in [4.78, 5) is 9.05. The van der Waals surface area contributed by atoms with E-state index in [2.05, 4.69) is 52.9 Å². The van der Waals surface area contributed by atoms with Crippen LogP contribution in [0.25, 0.3) is 0 Å². The minimum atomic E-state index is 0.303. The zero-order valence-electron chi connectivity index (χ0n) is 11.9. The van der Waals surface area contributed by atoms with Crippen LogP contribution < -0.4 is 5.73 Å². The Morgan fingerprint density at radius 1 is 1.26 bits per heavy atom. The average molecular weight is 260 g/mol. The van der Waals surface area contributed by atoms with Crippen molar-refractivity contribution in [2.24, 2.45) is 10.7 Å². The van der Waals surface area contributed by atoms with Gasteiger partial charge in [0.2, 0.25) is 0 Å². The third-order valence-corrected chi connectivity index (χ3v) is 3.83. The van der Waals surface area contributed by atoms with Crippen molar-refractivity contribution in [1.82, 2.24) is 9.80 Å². The van der Waals surface area contributed by atoms with Crippen LogP contribution in [-0.2, 0) is 0 Å². The average Bonchev–Trinajstić information content (AvgIpc) is 2.82. The molecule has 1 aromatic rings. The van der Waals surface area contributed by atoms with Crippen LogP contribution in [0.15, 0.2) is 35.3 Å². The van der Waals surface area contributed by atoms with Crippen molar-refractivity contribution in [3.8, 4) is 0 Å². The highest BCUT2D eigenvalue weighted by Crippen LogP contribution is 2.24. The zero-order valence-corrected chi connectivity index (χ0v) is 11.9.